The van der Waals surface area contributed by atoms with Gasteiger partial charge in [-0.1, -0.05) is 30.3 Å². The number of halogens is 1. The van der Waals surface area contributed by atoms with Gasteiger partial charge in [0.05, 0.1) is 17.6 Å². The smallest absolute Gasteiger partial charge is 0.271 e. The largest absolute Gasteiger partial charge is 0.493 e. The molecule has 2 aromatic heterocycles. The third-order valence-electron chi connectivity index (χ3n) is 3.90. The van der Waals surface area contributed by atoms with Crippen molar-refractivity contribution < 1.29 is 14.3 Å². The van der Waals surface area contributed by atoms with Crippen LogP contribution in [0.15, 0.2) is 64.1 Å². The minimum atomic E-state index is -0.486. The summed E-state index contributed by atoms with van der Waals surface area (Å²) in [6, 6.07) is 13.6. The summed E-state index contributed by atoms with van der Waals surface area (Å²) in [6.45, 7) is 0. The molecule has 8 heteroatoms. The molecule has 0 saturated heterocycles. The fourth-order valence-corrected chi connectivity index (χ4v) is 3.44. The van der Waals surface area contributed by atoms with Crippen LogP contribution in [0.1, 0.15) is 5.01 Å². The summed E-state index contributed by atoms with van der Waals surface area (Å²) >= 11 is 1.37. The fourth-order valence-electron chi connectivity index (χ4n) is 2.65. The number of azo groups is 1. The van der Waals surface area contributed by atoms with E-state index in [0.29, 0.717) is 15.9 Å². The number of carbonyl (C=O) groups excluding carboxylic acids is 1. The van der Waals surface area contributed by atoms with Crippen LogP contribution in [0.2, 0.25) is 0 Å². The zero-order valence-electron chi connectivity index (χ0n) is 13.9. The van der Waals surface area contributed by atoms with Gasteiger partial charge in [-0.3, -0.25) is 4.79 Å². The molecule has 2 N–H and O–H groups in total. The van der Waals surface area contributed by atoms with Crippen LogP contribution in [0.5, 0.6) is 5.88 Å². The first-order valence-electron chi connectivity index (χ1n) is 8.05. The number of amides is 1. The van der Waals surface area contributed by atoms with Crippen molar-refractivity contribution in [3.63, 3.8) is 0 Å². The molecule has 0 aliphatic carbocycles. The van der Waals surface area contributed by atoms with Gasteiger partial charge in [0.25, 0.3) is 5.91 Å². The number of aromatic nitrogens is 2. The van der Waals surface area contributed by atoms with E-state index in [0.717, 1.165) is 11.3 Å². The summed E-state index contributed by atoms with van der Waals surface area (Å²) in [7, 11) is 0. The minimum absolute atomic E-state index is 0.0126. The molecular formula is C19H13FN4O2S. The lowest BCUT2D eigenvalue weighted by Crippen LogP contribution is -1.97. The van der Waals surface area contributed by atoms with Crippen molar-refractivity contribution in [1.29, 1.82) is 0 Å². The molecule has 6 nitrogen and oxygen atoms in total. The number of hydrogen-bond donors (Lipinski definition) is 2. The second-order valence-electron chi connectivity index (χ2n) is 5.78. The molecule has 0 spiro atoms. The molecule has 27 heavy (non-hydrogen) atoms. The van der Waals surface area contributed by atoms with Gasteiger partial charge in [-0.05, 0) is 18.2 Å². The zero-order chi connectivity index (χ0) is 18.8. The molecule has 0 atom stereocenters. The Morgan fingerprint density at radius 3 is 2.85 bits per heavy atom. The zero-order valence-corrected chi connectivity index (χ0v) is 14.7. The van der Waals surface area contributed by atoms with Gasteiger partial charge in [-0.2, -0.15) is 0 Å². The van der Waals surface area contributed by atoms with Gasteiger partial charge in [-0.15, -0.1) is 21.6 Å². The lowest BCUT2D eigenvalue weighted by molar-refractivity contribution is -0.117. The lowest BCUT2D eigenvalue weighted by Gasteiger charge is -1.94. The maximum Gasteiger partial charge on any atom is 0.271 e. The Hall–Kier alpha value is -3.39. The number of carbonyl (C=O) groups is 1. The van der Waals surface area contributed by atoms with Crippen LogP contribution in [0.25, 0.3) is 22.2 Å². The van der Waals surface area contributed by atoms with Crippen molar-refractivity contribution in [1.82, 2.24) is 9.97 Å². The predicted molar refractivity (Wildman–Crippen MR) is 101 cm³/mol. The van der Waals surface area contributed by atoms with Crippen LogP contribution in [0, 0.1) is 5.82 Å². The van der Waals surface area contributed by atoms with E-state index in [9.17, 15) is 14.3 Å². The quantitative estimate of drug-likeness (QED) is 0.489. The van der Waals surface area contributed by atoms with E-state index < -0.39 is 11.7 Å². The molecular weight excluding hydrogens is 367 g/mol. The first-order chi connectivity index (χ1) is 13.1. The lowest BCUT2D eigenvalue weighted by atomic mass is 10.2. The topological polar surface area (TPSA) is 90.7 Å². The van der Waals surface area contributed by atoms with Crippen LogP contribution >= 0.6 is 11.3 Å². The molecule has 0 radical (unpaired) electrons. The number of nitrogens with one attached hydrogen (secondary N) is 1. The molecule has 134 valence electrons. The maximum atomic E-state index is 13.2. The van der Waals surface area contributed by atoms with E-state index in [1.54, 1.807) is 0 Å². The monoisotopic (exact) mass is 380 g/mol. The van der Waals surface area contributed by atoms with Crippen LogP contribution in [0.3, 0.4) is 0 Å². The van der Waals surface area contributed by atoms with E-state index in [2.05, 4.69) is 20.2 Å². The van der Waals surface area contributed by atoms with Gasteiger partial charge in [0.15, 0.2) is 5.69 Å². The number of nitrogens with zero attached hydrogens (tertiary/aromatic N) is 3. The number of hydrogen-bond acceptors (Lipinski definition) is 5. The Balaban J connectivity index is 1.50. The van der Waals surface area contributed by atoms with Crippen molar-refractivity contribution in [3.8, 4) is 17.1 Å². The Kier molecular flexibility index (Phi) is 4.47. The highest BCUT2D eigenvalue weighted by atomic mass is 32.1. The van der Waals surface area contributed by atoms with Gasteiger partial charge in [-0.25, -0.2) is 9.37 Å². The number of aromatic amines is 1. The third-order valence-corrected chi connectivity index (χ3v) is 4.75. The Bertz CT molecular complexity index is 1150. The maximum absolute atomic E-state index is 13.2. The van der Waals surface area contributed by atoms with Gasteiger partial charge in [0.2, 0.25) is 5.88 Å². The average Bonchev–Trinajstić information content (AvgIpc) is 3.24. The summed E-state index contributed by atoms with van der Waals surface area (Å²) in [5.74, 6) is -1.20. The van der Waals surface area contributed by atoms with Gasteiger partial charge < -0.3 is 10.1 Å². The van der Waals surface area contributed by atoms with Gasteiger partial charge in [0.1, 0.15) is 10.8 Å². The van der Waals surface area contributed by atoms with Crippen molar-refractivity contribution in [2.75, 3.05) is 0 Å². The standard InChI is InChI=1S/C19H13FN4O2S/c20-12-6-7-13-14(8-12)22-19(26)18(13)24-23-16(25)9-17-21-15(10-27-17)11-4-2-1-3-5-11/h1-8,10,22,26H,9H2. The molecule has 2 aromatic carbocycles. The summed E-state index contributed by atoms with van der Waals surface area (Å²) in [6.07, 6.45) is 0.0126. The van der Waals surface area contributed by atoms with E-state index in [1.165, 1.54) is 29.5 Å². The SMILES string of the molecule is O=C(Cc1nc(-c2ccccc2)cs1)N=Nc1c(O)[nH]c2cc(F)ccc12. The predicted octanol–water partition coefficient (Wildman–Crippen LogP) is 4.99. The highest BCUT2D eigenvalue weighted by Gasteiger charge is 2.13. The molecule has 2 heterocycles. The number of fused-ring (bicyclic) bond motifs is 1. The molecule has 0 fully saturated rings. The molecule has 0 bridgehead atoms. The number of aromatic hydroxyl groups is 1. The summed E-state index contributed by atoms with van der Waals surface area (Å²) in [5.41, 5.74) is 2.26. The van der Waals surface area contributed by atoms with E-state index in [4.69, 9.17) is 0 Å². The normalized spacial score (nSPS) is 11.4. The van der Waals surface area contributed by atoms with E-state index in [-0.39, 0.29) is 18.0 Å². The summed E-state index contributed by atoms with van der Waals surface area (Å²) in [4.78, 5) is 19.2. The van der Waals surface area contributed by atoms with E-state index >= 15 is 0 Å². The highest BCUT2D eigenvalue weighted by Crippen LogP contribution is 2.35. The first kappa shape index (κ1) is 17.0. The summed E-state index contributed by atoms with van der Waals surface area (Å²) in [5, 5.41) is 20.4. The molecule has 0 saturated carbocycles. The van der Waals surface area contributed by atoms with Crippen molar-refractivity contribution in [3.05, 3.63) is 64.7 Å². The number of thiazole rings is 1. The van der Waals surface area contributed by atoms with Crippen LogP contribution in [0.4, 0.5) is 10.1 Å². The van der Waals surface area contributed by atoms with Gasteiger partial charge in [0, 0.05) is 16.3 Å². The molecule has 4 aromatic rings. The minimum Gasteiger partial charge on any atom is -0.493 e. The molecule has 1 amide bonds. The summed E-state index contributed by atoms with van der Waals surface area (Å²) < 4.78 is 13.2. The van der Waals surface area contributed by atoms with Gasteiger partial charge >= 0.3 is 0 Å². The van der Waals surface area contributed by atoms with Crippen LogP contribution in [-0.2, 0) is 11.2 Å². The average molecular weight is 380 g/mol. The number of H-pyrrole nitrogens is 1. The Morgan fingerprint density at radius 2 is 2.04 bits per heavy atom. The second-order valence-corrected chi connectivity index (χ2v) is 6.72. The number of benzene rings is 2. The van der Waals surface area contributed by atoms with Crippen molar-refractivity contribution >= 4 is 33.8 Å². The molecule has 0 aliphatic heterocycles. The molecule has 0 unspecified atom stereocenters. The third kappa shape index (κ3) is 3.61. The first-order valence-corrected chi connectivity index (χ1v) is 8.93. The number of rotatable bonds is 4. The molecule has 0 aliphatic rings. The van der Waals surface area contributed by atoms with Crippen LogP contribution < -0.4 is 0 Å². The highest BCUT2D eigenvalue weighted by molar-refractivity contribution is 7.10. The molecule has 4 rings (SSSR count). The second kappa shape index (κ2) is 7.08. The van der Waals surface area contributed by atoms with Crippen molar-refractivity contribution in [2.45, 2.75) is 6.42 Å². The van der Waals surface area contributed by atoms with Crippen molar-refractivity contribution in [2.24, 2.45) is 10.2 Å². The van der Waals surface area contributed by atoms with E-state index in [1.807, 2.05) is 35.7 Å². The van der Waals surface area contributed by atoms with Crippen LogP contribution in [-0.4, -0.2) is 21.0 Å². The Morgan fingerprint density at radius 1 is 1.22 bits per heavy atom. The Labute approximate surface area is 157 Å². The fraction of sp³-hybridized carbons (Fsp3) is 0.0526.